The Morgan fingerprint density at radius 1 is 1.13 bits per heavy atom. The Kier molecular flexibility index (Phi) is 6.53. The van der Waals surface area contributed by atoms with Crippen LogP contribution in [0.2, 0.25) is 0 Å². The zero-order valence-electron chi connectivity index (χ0n) is 17.2. The minimum atomic E-state index is -0.281. The first-order valence-corrected chi connectivity index (χ1v) is 10.9. The predicted molar refractivity (Wildman–Crippen MR) is 119 cm³/mol. The molecule has 2 N–H and O–H groups in total. The number of para-hydroxylation sites is 2. The monoisotopic (exact) mass is 438 g/mol. The number of benzene rings is 1. The number of nitrogens with one attached hydrogen (secondary N) is 2. The van der Waals surface area contributed by atoms with Crippen molar-refractivity contribution in [2.24, 2.45) is 0 Å². The van der Waals surface area contributed by atoms with Crippen molar-refractivity contribution < 1.29 is 9.53 Å². The van der Waals surface area contributed by atoms with Crippen LogP contribution in [0.5, 0.6) is 0 Å². The van der Waals surface area contributed by atoms with E-state index in [1.54, 1.807) is 18.0 Å². The number of carbonyl (C=O) groups is 1. The van der Waals surface area contributed by atoms with Crippen LogP contribution in [-0.4, -0.2) is 68.7 Å². The Labute approximate surface area is 182 Å². The summed E-state index contributed by atoms with van der Waals surface area (Å²) in [6.45, 7) is 2.02. The third-order valence-electron chi connectivity index (χ3n) is 4.55. The number of ether oxygens (including phenoxy) is 1. The zero-order valence-corrected chi connectivity index (χ0v) is 18.0. The van der Waals surface area contributed by atoms with Gasteiger partial charge in [0.25, 0.3) is 5.91 Å². The molecule has 0 atom stereocenters. The Bertz CT molecular complexity index is 1210. The summed E-state index contributed by atoms with van der Waals surface area (Å²) in [6.07, 6.45) is 5.13. The number of methoxy groups -OCH3 is 1. The molecule has 0 spiro atoms. The van der Waals surface area contributed by atoms with Crippen LogP contribution in [0, 0.1) is 0 Å². The summed E-state index contributed by atoms with van der Waals surface area (Å²) in [7, 11) is 1.65. The van der Waals surface area contributed by atoms with Crippen LogP contribution in [0.15, 0.2) is 41.8 Å². The summed E-state index contributed by atoms with van der Waals surface area (Å²) >= 11 is 1.46. The molecule has 160 valence electrons. The first-order chi connectivity index (χ1) is 15.2. The lowest BCUT2D eigenvalue weighted by atomic mass is 10.3. The van der Waals surface area contributed by atoms with E-state index in [9.17, 15) is 4.79 Å². The fourth-order valence-corrected chi connectivity index (χ4v) is 3.39. The summed E-state index contributed by atoms with van der Waals surface area (Å²) in [4.78, 5) is 30.2. The molecular weight excluding hydrogens is 416 g/mol. The second kappa shape index (κ2) is 9.67. The van der Waals surface area contributed by atoms with Crippen LogP contribution in [-0.2, 0) is 11.3 Å². The van der Waals surface area contributed by atoms with Gasteiger partial charge in [-0.25, -0.2) is 19.6 Å². The van der Waals surface area contributed by atoms with E-state index in [0.29, 0.717) is 48.4 Å². The third kappa shape index (κ3) is 4.72. The molecule has 0 unspecified atom stereocenters. The Balaban J connectivity index is 1.45. The van der Waals surface area contributed by atoms with Crippen LogP contribution < -0.4 is 10.6 Å². The summed E-state index contributed by atoms with van der Waals surface area (Å²) in [5.74, 6) is 0.434. The molecule has 0 fully saturated rings. The Morgan fingerprint density at radius 2 is 1.97 bits per heavy atom. The van der Waals surface area contributed by atoms with E-state index in [2.05, 4.69) is 35.7 Å². The van der Waals surface area contributed by atoms with Crippen LogP contribution in [0.1, 0.15) is 10.5 Å². The van der Waals surface area contributed by atoms with Gasteiger partial charge in [0.15, 0.2) is 10.8 Å². The fraction of sp³-hybridized carbons (Fsp3) is 0.300. The van der Waals surface area contributed by atoms with Crippen molar-refractivity contribution >= 4 is 45.6 Å². The largest absolute Gasteiger partial charge is 0.383 e. The minimum Gasteiger partial charge on any atom is -0.383 e. The normalized spacial score (nSPS) is 11.2. The van der Waals surface area contributed by atoms with Crippen molar-refractivity contribution in [1.82, 2.24) is 35.0 Å². The van der Waals surface area contributed by atoms with Gasteiger partial charge in [-0.15, -0.1) is 0 Å². The minimum absolute atomic E-state index is 0.278. The highest BCUT2D eigenvalue weighted by molar-refractivity contribution is 7.98. The van der Waals surface area contributed by atoms with Gasteiger partial charge in [-0.2, -0.15) is 5.10 Å². The summed E-state index contributed by atoms with van der Waals surface area (Å²) in [5.41, 5.74) is 2.42. The number of anilines is 1. The molecule has 0 saturated heterocycles. The van der Waals surface area contributed by atoms with Gasteiger partial charge in [0, 0.05) is 20.2 Å². The number of carbonyl (C=O) groups excluding carboxylic acids is 1. The first-order valence-electron chi connectivity index (χ1n) is 9.70. The molecule has 0 aliphatic heterocycles. The van der Waals surface area contributed by atoms with Crippen LogP contribution in [0.4, 0.5) is 5.82 Å². The van der Waals surface area contributed by atoms with Crippen molar-refractivity contribution in [3.8, 4) is 0 Å². The maximum Gasteiger partial charge on any atom is 0.271 e. The third-order valence-corrected chi connectivity index (χ3v) is 5.10. The highest BCUT2D eigenvalue weighted by atomic mass is 32.2. The molecule has 0 bridgehead atoms. The average molecular weight is 439 g/mol. The molecule has 4 aromatic rings. The SMILES string of the molecule is COCCNc1nc(SC)nc2c1cnn2CCNC(=O)c1cnc2ccccc2n1. The van der Waals surface area contributed by atoms with E-state index < -0.39 is 0 Å². The topological polar surface area (TPSA) is 120 Å². The Hall–Kier alpha value is -3.31. The second-order valence-electron chi connectivity index (χ2n) is 6.58. The van der Waals surface area contributed by atoms with Crippen LogP contribution >= 0.6 is 11.8 Å². The van der Waals surface area contributed by atoms with Gasteiger partial charge in [0.1, 0.15) is 11.5 Å². The van der Waals surface area contributed by atoms with Gasteiger partial charge in [-0.3, -0.25) is 9.78 Å². The highest BCUT2D eigenvalue weighted by Crippen LogP contribution is 2.23. The quantitative estimate of drug-likeness (QED) is 0.230. The maximum absolute atomic E-state index is 12.5. The average Bonchev–Trinajstić information content (AvgIpc) is 3.21. The molecule has 0 saturated carbocycles. The molecule has 3 aromatic heterocycles. The number of hydrogen-bond donors (Lipinski definition) is 2. The molecule has 1 aromatic carbocycles. The molecule has 1 amide bonds. The van der Waals surface area contributed by atoms with Gasteiger partial charge in [-0.05, 0) is 18.4 Å². The van der Waals surface area contributed by atoms with Crippen molar-refractivity contribution in [3.05, 3.63) is 42.4 Å². The summed E-state index contributed by atoms with van der Waals surface area (Å²) in [5, 5.41) is 12.0. The number of rotatable bonds is 9. The smallest absolute Gasteiger partial charge is 0.271 e. The number of aromatic nitrogens is 6. The number of nitrogens with zero attached hydrogens (tertiary/aromatic N) is 6. The van der Waals surface area contributed by atoms with E-state index in [0.717, 1.165) is 10.9 Å². The fourth-order valence-electron chi connectivity index (χ4n) is 3.03. The van der Waals surface area contributed by atoms with E-state index in [-0.39, 0.29) is 11.6 Å². The first kappa shape index (κ1) is 20.9. The molecule has 0 aliphatic rings. The van der Waals surface area contributed by atoms with Crippen LogP contribution in [0.3, 0.4) is 0 Å². The summed E-state index contributed by atoms with van der Waals surface area (Å²) in [6, 6.07) is 7.44. The lowest BCUT2D eigenvalue weighted by Crippen LogP contribution is -2.28. The molecule has 0 radical (unpaired) electrons. The van der Waals surface area contributed by atoms with Gasteiger partial charge < -0.3 is 15.4 Å². The van der Waals surface area contributed by atoms with Crippen molar-refractivity contribution in [1.29, 1.82) is 0 Å². The highest BCUT2D eigenvalue weighted by Gasteiger charge is 2.14. The van der Waals surface area contributed by atoms with Crippen molar-refractivity contribution in [2.45, 2.75) is 11.7 Å². The molecule has 11 heteroatoms. The van der Waals surface area contributed by atoms with E-state index in [1.165, 1.54) is 18.0 Å². The zero-order chi connectivity index (χ0) is 21.6. The molecular formula is C20H22N8O2S. The molecule has 31 heavy (non-hydrogen) atoms. The van der Waals surface area contributed by atoms with Gasteiger partial charge in [0.05, 0.1) is 42.0 Å². The van der Waals surface area contributed by atoms with Gasteiger partial charge >= 0.3 is 0 Å². The molecule has 10 nitrogen and oxygen atoms in total. The standard InChI is InChI=1S/C20H22N8O2S/c1-30-10-8-21-17-13-11-24-28(18(13)27-20(26-17)31-2)9-7-22-19(29)16-12-23-14-5-3-4-6-15(14)25-16/h3-6,11-12H,7-10H2,1-2H3,(H,22,29)(H,21,26,27). The molecule has 4 rings (SSSR count). The number of fused-ring (bicyclic) bond motifs is 2. The number of amides is 1. The van der Waals surface area contributed by atoms with Gasteiger partial charge in [-0.1, -0.05) is 23.9 Å². The van der Waals surface area contributed by atoms with Crippen molar-refractivity contribution in [2.75, 3.05) is 38.4 Å². The van der Waals surface area contributed by atoms with E-state index >= 15 is 0 Å². The van der Waals surface area contributed by atoms with Gasteiger partial charge in [0.2, 0.25) is 0 Å². The van der Waals surface area contributed by atoms with Crippen LogP contribution in [0.25, 0.3) is 22.1 Å². The summed E-state index contributed by atoms with van der Waals surface area (Å²) < 4.78 is 6.85. The molecule has 3 heterocycles. The maximum atomic E-state index is 12.5. The van der Waals surface area contributed by atoms with E-state index in [4.69, 9.17) is 4.74 Å². The molecule has 0 aliphatic carbocycles. The predicted octanol–water partition coefficient (Wildman–Crippen LogP) is 1.98. The van der Waals surface area contributed by atoms with Crippen molar-refractivity contribution in [3.63, 3.8) is 0 Å². The lowest BCUT2D eigenvalue weighted by Gasteiger charge is -2.09. The van der Waals surface area contributed by atoms with E-state index in [1.807, 2.05) is 30.5 Å². The number of hydrogen-bond acceptors (Lipinski definition) is 9. The number of thioether (sulfide) groups is 1. The second-order valence-corrected chi connectivity index (χ2v) is 7.36. The Morgan fingerprint density at radius 3 is 2.77 bits per heavy atom. The lowest BCUT2D eigenvalue weighted by molar-refractivity contribution is 0.0947.